The highest BCUT2D eigenvalue weighted by atomic mass is 35.5. The lowest BCUT2D eigenvalue weighted by molar-refractivity contribution is -0.149. The van der Waals surface area contributed by atoms with E-state index in [9.17, 15) is 23.9 Å². The molecular formula is C22H21ClFN3O4. The average Bonchev–Trinajstić information content (AvgIpc) is 3.03. The number of fused-ring (bicyclic) bond motifs is 1. The smallest absolute Gasteiger partial charge is 0.268 e. The Bertz CT molecular complexity index is 1060. The molecule has 162 valence electrons. The molecule has 2 aliphatic heterocycles. The lowest BCUT2D eigenvalue weighted by Gasteiger charge is -2.23. The SMILES string of the molecule is O=C1CCc2cc(N3CC[C@](O)(C(=O)NCCc4cc(F)cc(Cl)c4)C3=O)ccc2N1. The van der Waals surface area contributed by atoms with Crippen LogP contribution in [0.25, 0.3) is 0 Å². The van der Waals surface area contributed by atoms with Gasteiger partial charge in [0.1, 0.15) is 5.82 Å². The highest BCUT2D eigenvalue weighted by Crippen LogP contribution is 2.32. The van der Waals surface area contributed by atoms with E-state index in [-0.39, 0.29) is 30.4 Å². The second-order valence-corrected chi connectivity index (χ2v) is 8.18. The molecule has 3 amide bonds. The maximum atomic E-state index is 13.4. The van der Waals surface area contributed by atoms with E-state index < -0.39 is 23.2 Å². The number of amides is 3. The average molecular weight is 446 g/mol. The molecule has 1 atom stereocenters. The number of benzene rings is 2. The third-order valence-electron chi connectivity index (χ3n) is 5.59. The summed E-state index contributed by atoms with van der Waals surface area (Å²) in [4.78, 5) is 38.4. The molecule has 4 rings (SSSR count). The van der Waals surface area contributed by atoms with Gasteiger partial charge in [0.2, 0.25) is 11.5 Å². The van der Waals surface area contributed by atoms with Gasteiger partial charge in [-0.3, -0.25) is 14.4 Å². The zero-order valence-corrected chi connectivity index (χ0v) is 17.3. The first-order valence-corrected chi connectivity index (χ1v) is 10.3. The van der Waals surface area contributed by atoms with Crippen LogP contribution in [0.4, 0.5) is 15.8 Å². The van der Waals surface area contributed by atoms with Crippen LogP contribution in [0.3, 0.4) is 0 Å². The number of carbonyl (C=O) groups is 3. The Morgan fingerprint density at radius 3 is 2.81 bits per heavy atom. The van der Waals surface area contributed by atoms with Gasteiger partial charge in [-0.25, -0.2) is 4.39 Å². The Balaban J connectivity index is 1.41. The fourth-order valence-corrected chi connectivity index (χ4v) is 4.17. The zero-order chi connectivity index (χ0) is 22.2. The molecule has 1 fully saturated rings. The van der Waals surface area contributed by atoms with Crippen molar-refractivity contribution in [3.8, 4) is 0 Å². The predicted octanol–water partition coefficient (Wildman–Crippen LogP) is 2.19. The summed E-state index contributed by atoms with van der Waals surface area (Å²) in [5.74, 6) is -2.01. The highest BCUT2D eigenvalue weighted by Gasteiger charge is 2.51. The van der Waals surface area contributed by atoms with Crippen LogP contribution < -0.4 is 15.5 Å². The first-order chi connectivity index (χ1) is 14.8. The molecule has 0 unspecified atom stereocenters. The van der Waals surface area contributed by atoms with Crippen LogP contribution in [0.15, 0.2) is 36.4 Å². The summed E-state index contributed by atoms with van der Waals surface area (Å²) >= 11 is 5.82. The molecule has 2 aromatic rings. The third-order valence-corrected chi connectivity index (χ3v) is 5.81. The second-order valence-electron chi connectivity index (χ2n) is 7.74. The van der Waals surface area contributed by atoms with E-state index in [0.29, 0.717) is 36.2 Å². The quantitative estimate of drug-likeness (QED) is 0.614. The molecule has 0 aliphatic carbocycles. The summed E-state index contributed by atoms with van der Waals surface area (Å²) in [5, 5.41) is 16.4. The van der Waals surface area contributed by atoms with Gasteiger partial charge < -0.3 is 20.6 Å². The van der Waals surface area contributed by atoms with Crippen molar-refractivity contribution in [2.75, 3.05) is 23.3 Å². The lowest BCUT2D eigenvalue weighted by atomic mass is 10.0. The molecule has 31 heavy (non-hydrogen) atoms. The Kier molecular flexibility index (Phi) is 5.68. The van der Waals surface area contributed by atoms with Crippen molar-refractivity contribution in [3.05, 3.63) is 58.4 Å². The normalized spacial score (nSPS) is 20.4. The number of hydrogen-bond acceptors (Lipinski definition) is 4. The maximum Gasteiger partial charge on any atom is 0.268 e. The molecule has 0 aromatic heterocycles. The van der Waals surface area contributed by atoms with E-state index in [0.717, 1.165) is 5.56 Å². The van der Waals surface area contributed by atoms with Gasteiger partial charge in [-0.1, -0.05) is 11.6 Å². The molecule has 0 bridgehead atoms. The zero-order valence-electron chi connectivity index (χ0n) is 16.6. The summed E-state index contributed by atoms with van der Waals surface area (Å²) in [6, 6.07) is 9.28. The molecular weight excluding hydrogens is 425 g/mol. The Morgan fingerprint density at radius 2 is 2.03 bits per heavy atom. The number of carbonyl (C=O) groups excluding carboxylic acids is 3. The van der Waals surface area contributed by atoms with Gasteiger partial charge in [-0.05, 0) is 60.4 Å². The van der Waals surface area contributed by atoms with Gasteiger partial charge in [0, 0.05) is 42.3 Å². The van der Waals surface area contributed by atoms with Crippen LogP contribution >= 0.6 is 11.6 Å². The standard InChI is InChI=1S/C22H21ClFN3O4/c23-15-9-13(10-16(24)12-15)5-7-25-20(29)22(31)6-8-27(21(22)30)17-2-3-18-14(11-17)1-4-19(28)26-18/h2-3,9-12,31H,1,4-8H2,(H,25,29)(H,26,28)/t22-/m0/s1. The van der Waals surface area contributed by atoms with Crippen LogP contribution in [-0.2, 0) is 27.2 Å². The number of hydrogen-bond donors (Lipinski definition) is 3. The van der Waals surface area contributed by atoms with Gasteiger partial charge in [0.15, 0.2) is 0 Å². The molecule has 0 radical (unpaired) electrons. The highest BCUT2D eigenvalue weighted by molar-refractivity contribution is 6.30. The second kappa shape index (κ2) is 8.28. The number of nitrogens with zero attached hydrogens (tertiary/aromatic N) is 1. The monoisotopic (exact) mass is 445 g/mol. The molecule has 2 heterocycles. The minimum absolute atomic E-state index is 0.0444. The van der Waals surface area contributed by atoms with E-state index in [2.05, 4.69) is 10.6 Å². The maximum absolute atomic E-state index is 13.4. The van der Waals surface area contributed by atoms with Crippen LogP contribution in [0, 0.1) is 5.82 Å². The van der Waals surface area contributed by atoms with E-state index in [1.165, 1.54) is 17.0 Å². The van der Waals surface area contributed by atoms with Crippen molar-refractivity contribution < 1.29 is 23.9 Å². The summed E-state index contributed by atoms with van der Waals surface area (Å²) < 4.78 is 13.4. The molecule has 1 saturated heterocycles. The topological polar surface area (TPSA) is 98.7 Å². The van der Waals surface area contributed by atoms with E-state index in [1.807, 2.05) is 0 Å². The molecule has 0 spiro atoms. The summed E-state index contributed by atoms with van der Waals surface area (Å²) in [6.45, 7) is 0.306. The number of halogens is 2. The van der Waals surface area contributed by atoms with Crippen molar-refractivity contribution in [3.63, 3.8) is 0 Å². The Morgan fingerprint density at radius 1 is 1.23 bits per heavy atom. The minimum atomic E-state index is -2.16. The van der Waals surface area contributed by atoms with Gasteiger partial charge in [0.05, 0.1) is 0 Å². The minimum Gasteiger partial charge on any atom is -0.372 e. The van der Waals surface area contributed by atoms with Gasteiger partial charge in [-0.2, -0.15) is 0 Å². The molecule has 9 heteroatoms. The fourth-order valence-electron chi connectivity index (χ4n) is 3.92. The van der Waals surface area contributed by atoms with Crippen LogP contribution in [0.5, 0.6) is 0 Å². The summed E-state index contributed by atoms with van der Waals surface area (Å²) in [5.41, 5.74) is 0.607. The van der Waals surface area contributed by atoms with Crippen LogP contribution in [0.2, 0.25) is 5.02 Å². The van der Waals surface area contributed by atoms with Gasteiger partial charge in [0.25, 0.3) is 11.8 Å². The molecule has 7 nitrogen and oxygen atoms in total. The lowest BCUT2D eigenvalue weighted by Crippen LogP contribution is -2.52. The van der Waals surface area contributed by atoms with Crippen molar-refractivity contribution in [1.29, 1.82) is 0 Å². The van der Waals surface area contributed by atoms with Gasteiger partial charge in [-0.15, -0.1) is 0 Å². The third kappa shape index (κ3) is 4.26. The molecule has 0 saturated carbocycles. The number of aryl methyl sites for hydroxylation is 1. The molecule has 2 aromatic carbocycles. The number of nitrogens with one attached hydrogen (secondary N) is 2. The van der Waals surface area contributed by atoms with E-state index in [1.54, 1.807) is 24.3 Å². The largest absolute Gasteiger partial charge is 0.372 e. The summed E-state index contributed by atoms with van der Waals surface area (Å²) in [6.07, 6.45) is 1.18. The Labute approximate surface area is 183 Å². The Hall–Kier alpha value is -2.97. The van der Waals surface area contributed by atoms with Gasteiger partial charge >= 0.3 is 0 Å². The molecule has 3 N–H and O–H groups in total. The number of rotatable bonds is 5. The van der Waals surface area contributed by atoms with Crippen LogP contribution in [0.1, 0.15) is 24.0 Å². The fraction of sp³-hybridized carbons (Fsp3) is 0.318. The number of aliphatic hydroxyl groups is 1. The van der Waals surface area contributed by atoms with E-state index >= 15 is 0 Å². The van der Waals surface area contributed by atoms with Crippen LogP contribution in [-0.4, -0.2) is 41.5 Å². The number of anilines is 2. The first kappa shape index (κ1) is 21.3. The summed E-state index contributed by atoms with van der Waals surface area (Å²) in [7, 11) is 0. The van der Waals surface area contributed by atoms with Crippen molar-refractivity contribution in [2.24, 2.45) is 0 Å². The molecule has 2 aliphatic rings. The van der Waals surface area contributed by atoms with Crippen molar-refractivity contribution in [2.45, 2.75) is 31.3 Å². The van der Waals surface area contributed by atoms with E-state index in [4.69, 9.17) is 11.6 Å². The predicted molar refractivity (Wildman–Crippen MR) is 113 cm³/mol. The first-order valence-electron chi connectivity index (χ1n) is 9.97. The van der Waals surface area contributed by atoms with Crippen molar-refractivity contribution in [1.82, 2.24) is 5.32 Å². The van der Waals surface area contributed by atoms with Crippen molar-refractivity contribution >= 4 is 40.7 Å².